The molecule has 5 nitrogen and oxygen atoms in total. The third-order valence-electron chi connectivity index (χ3n) is 3.07. The molecule has 0 N–H and O–H groups in total. The molecule has 5 heteroatoms. The maximum atomic E-state index is 11.8. The molecule has 2 aliphatic rings. The predicted molar refractivity (Wildman–Crippen MR) is 63.7 cm³/mol. The van der Waals surface area contributed by atoms with E-state index in [4.69, 9.17) is 18.9 Å². The summed E-state index contributed by atoms with van der Waals surface area (Å²) in [5.74, 6) is -0.934. The third kappa shape index (κ3) is 2.84. The van der Waals surface area contributed by atoms with E-state index >= 15 is 0 Å². The van der Waals surface area contributed by atoms with Crippen LogP contribution < -0.4 is 0 Å². The Morgan fingerprint density at radius 3 is 2.94 bits per heavy atom. The predicted octanol–water partition coefficient (Wildman–Crippen LogP) is 1.77. The third-order valence-corrected chi connectivity index (χ3v) is 3.07. The van der Waals surface area contributed by atoms with Crippen LogP contribution in [0.3, 0.4) is 0 Å². The highest BCUT2D eigenvalue weighted by Crippen LogP contribution is 2.38. The van der Waals surface area contributed by atoms with E-state index in [0.717, 1.165) is 12.8 Å². The number of hydrogen-bond donors (Lipinski definition) is 0. The monoisotopic (exact) mass is 256 g/mol. The number of hydrogen-bond acceptors (Lipinski definition) is 5. The second kappa shape index (κ2) is 5.71. The normalized spacial score (nSPS) is 31.0. The molecule has 2 rings (SSSR count). The smallest absolute Gasteiger partial charge is 0.373 e. The molecule has 1 fully saturated rings. The van der Waals surface area contributed by atoms with E-state index in [9.17, 15) is 4.79 Å². The van der Waals surface area contributed by atoms with Crippen molar-refractivity contribution < 1.29 is 23.7 Å². The molecule has 2 heterocycles. The van der Waals surface area contributed by atoms with Gasteiger partial charge in [0.2, 0.25) is 11.5 Å². The van der Waals surface area contributed by atoms with Crippen molar-refractivity contribution in [3.63, 3.8) is 0 Å². The molecule has 2 aliphatic heterocycles. The first-order chi connectivity index (χ1) is 8.69. The summed E-state index contributed by atoms with van der Waals surface area (Å²) in [6.45, 7) is 5.27. The lowest BCUT2D eigenvalue weighted by Gasteiger charge is -2.36. The van der Waals surface area contributed by atoms with Crippen LogP contribution in [0.15, 0.2) is 11.8 Å². The Hall–Kier alpha value is -1.07. The molecule has 102 valence electrons. The molecule has 0 aliphatic carbocycles. The van der Waals surface area contributed by atoms with Gasteiger partial charge >= 0.3 is 5.97 Å². The van der Waals surface area contributed by atoms with Crippen molar-refractivity contribution in [3.05, 3.63) is 11.8 Å². The van der Waals surface area contributed by atoms with Crippen molar-refractivity contribution >= 4 is 5.97 Å². The van der Waals surface area contributed by atoms with Gasteiger partial charge in [0.25, 0.3) is 0 Å². The molecule has 0 aromatic carbocycles. The highest BCUT2D eigenvalue weighted by molar-refractivity contribution is 5.86. The van der Waals surface area contributed by atoms with Gasteiger partial charge in [-0.05, 0) is 26.3 Å². The summed E-state index contributed by atoms with van der Waals surface area (Å²) in [4.78, 5) is 11.8. The maximum absolute atomic E-state index is 11.8. The average Bonchev–Trinajstić information content (AvgIpc) is 2.77. The molecule has 0 saturated carbocycles. The molecule has 2 atom stereocenters. The van der Waals surface area contributed by atoms with Crippen LogP contribution >= 0.6 is 0 Å². The Labute approximate surface area is 107 Å². The van der Waals surface area contributed by atoms with Gasteiger partial charge in [0.05, 0.1) is 19.3 Å². The fourth-order valence-electron chi connectivity index (χ4n) is 2.36. The van der Waals surface area contributed by atoms with Gasteiger partial charge in [-0.3, -0.25) is 0 Å². The summed E-state index contributed by atoms with van der Waals surface area (Å²) in [6.07, 6.45) is 3.89. The lowest BCUT2D eigenvalue weighted by atomic mass is 10.0. The molecule has 0 aromatic rings. The van der Waals surface area contributed by atoms with Gasteiger partial charge in [-0.15, -0.1) is 0 Å². The van der Waals surface area contributed by atoms with Crippen molar-refractivity contribution in [2.75, 3.05) is 19.8 Å². The number of carbonyl (C=O) groups is 1. The van der Waals surface area contributed by atoms with Crippen LogP contribution in [0.1, 0.15) is 33.1 Å². The van der Waals surface area contributed by atoms with Crippen LogP contribution in [0.25, 0.3) is 0 Å². The first-order valence-corrected chi connectivity index (χ1v) is 6.52. The first kappa shape index (κ1) is 13.4. The standard InChI is InChI=1S/C13H20O5/c1-3-15-10-8-11(12(14)16-4-2)18-13(9-10)6-5-7-17-13/h8,10H,3-7,9H2,1-2H3/t10-,13-/m0/s1. The number of esters is 1. The van der Waals surface area contributed by atoms with Gasteiger partial charge in [-0.25, -0.2) is 4.79 Å². The Morgan fingerprint density at radius 2 is 2.33 bits per heavy atom. The summed E-state index contributed by atoms with van der Waals surface area (Å²) >= 11 is 0. The summed E-state index contributed by atoms with van der Waals surface area (Å²) in [7, 11) is 0. The average molecular weight is 256 g/mol. The number of ether oxygens (including phenoxy) is 4. The van der Waals surface area contributed by atoms with Gasteiger partial charge in [-0.1, -0.05) is 0 Å². The van der Waals surface area contributed by atoms with Gasteiger partial charge in [0.1, 0.15) is 0 Å². The van der Waals surface area contributed by atoms with E-state index in [2.05, 4.69) is 0 Å². The summed E-state index contributed by atoms with van der Waals surface area (Å²) in [6, 6.07) is 0. The van der Waals surface area contributed by atoms with E-state index in [1.165, 1.54) is 0 Å². The van der Waals surface area contributed by atoms with Crippen molar-refractivity contribution in [2.24, 2.45) is 0 Å². The van der Waals surface area contributed by atoms with Crippen molar-refractivity contribution in [3.8, 4) is 0 Å². The summed E-state index contributed by atoms with van der Waals surface area (Å²) in [5.41, 5.74) is 0. The lowest BCUT2D eigenvalue weighted by molar-refractivity contribution is -0.217. The SMILES string of the molecule is CCOC(=O)C1=C[C@H](OCC)C[C@]2(CCCO2)O1. The highest BCUT2D eigenvalue weighted by atomic mass is 16.7. The molecule has 18 heavy (non-hydrogen) atoms. The molecule has 0 aromatic heterocycles. The quantitative estimate of drug-likeness (QED) is 0.717. The number of carbonyl (C=O) groups excluding carboxylic acids is 1. The molecule has 0 radical (unpaired) electrons. The van der Waals surface area contributed by atoms with Crippen LogP contribution in [-0.2, 0) is 23.7 Å². The van der Waals surface area contributed by atoms with Gasteiger partial charge in [-0.2, -0.15) is 0 Å². The van der Waals surface area contributed by atoms with Crippen LogP contribution in [0.4, 0.5) is 0 Å². The fourth-order valence-corrected chi connectivity index (χ4v) is 2.36. The van der Waals surface area contributed by atoms with Crippen LogP contribution in [0, 0.1) is 0 Å². The Bertz CT molecular complexity index is 330. The Morgan fingerprint density at radius 1 is 1.50 bits per heavy atom. The fraction of sp³-hybridized carbons (Fsp3) is 0.769. The van der Waals surface area contributed by atoms with E-state index in [1.54, 1.807) is 13.0 Å². The molecule has 0 bridgehead atoms. The minimum atomic E-state index is -0.698. The molecule has 1 saturated heterocycles. The molecular formula is C13H20O5. The van der Waals surface area contributed by atoms with Crippen LogP contribution in [-0.4, -0.2) is 37.7 Å². The van der Waals surface area contributed by atoms with Crippen LogP contribution in [0.2, 0.25) is 0 Å². The van der Waals surface area contributed by atoms with Crippen molar-refractivity contribution in [1.82, 2.24) is 0 Å². The van der Waals surface area contributed by atoms with E-state index < -0.39 is 11.8 Å². The van der Waals surface area contributed by atoms with Gasteiger partial charge in [0.15, 0.2) is 0 Å². The molecule has 0 unspecified atom stereocenters. The largest absolute Gasteiger partial charge is 0.460 e. The maximum Gasteiger partial charge on any atom is 0.373 e. The topological polar surface area (TPSA) is 54.0 Å². The zero-order chi connectivity index (χ0) is 13.0. The first-order valence-electron chi connectivity index (χ1n) is 6.52. The van der Waals surface area contributed by atoms with E-state index in [0.29, 0.717) is 26.2 Å². The van der Waals surface area contributed by atoms with Crippen molar-refractivity contribution in [2.45, 2.75) is 45.0 Å². The summed E-state index contributed by atoms with van der Waals surface area (Å²) < 4.78 is 21.9. The minimum absolute atomic E-state index is 0.152. The summed E-state index contributed by atoms with van der Waals surface area (Å²) in [5, 5.41) is 0. The Balaban J connectivity index is 2.13. The van der Waals surface area contributed by atoms with E-state index in [1.807, 2.05) is 6.92 Å². The zero-order valence-corrected chi connectivity index (χ0v) is 10.9. The zero-order valence-electron chi connectivity index (χ0n) is 10.9. The Kier molecular flexibility index (Phi) is 4.24. The second-order valence-electron chi connectivity index (χ2n) is 4.41. The van der Waals surface area contributed by atoms with Crippen molar-refractivity contribution in [1.29, 1.82) is 0 Å². The van der Waals surface area contributed by atoms with Gasteiger partial charge < -0.3 is 18.9 Å². The number of rotatable bonds is 4. The van der Waals surface area contributed by atoms with Gasteiger partial charge in [0, 0.05) is 19.4 Å². The lowest BCUT2D eigenvalue weighted by Crippen LogP contribution is -2.41. The molecular weight excluding hydrogens is 236 g/mol. The second-order valence-corrected chi connectivity index (χ2v) is 4.41. The van der Waals surface area contributed by atoms with Crippen LogP contribution in [0.5, 0.6) is 0 Å². The highest BCUT2D eigenvalue weighted by Gasteiger charge is 2.44. The minimum Gasteiger partial charge on any atom is -0.460 e. The molecule has 1 spiro atoms. The van der Waals surface area contributed by atoms with E-state index in [-0.39, 0.29) is 11.9 Å². The molecule has 0 amide bonds.